The molecule has 10 rings (SSSR count). The maximum Gasteiger partial charge on any atom is 0.0541 e. The maximum atomic E-state index is 4.41. The smallest absolute Gasteiger partial charge is 0.0541 e. The minimum absolute atomic E-state index is 0.0390. The Hall–Kier alpha value is -6.45. The molecule has 8 aromatic rings. The third-order valence-electron chi connectivity index (χ3n) is 11.6. The van der Waals surface area contributed by atoms with Crippen molar-refractivity contribution in [2.24, 2.45) is 5.92 Å². The highest BCUT2D eigenvalue weighted by atomic mass is 15.1. The lowest BCUT2D eigenvalue weighted by Crippen LogP contribution is -2.28. The molecule has 6 aromatic carbocycles. The summed E-state index contributed by atoms with van der Waals surface area (Å²) in [5.74, 6) is 0.396. The summed E-state index contributed by atoms with van der Waals surface area (Å²) in [6, 6.07) is 57.4. The molecular formula is C50H39N3. The SMILES string of the molecule is CC1(C)c2ccccc2C2=CC=C(N(c3ccc(-c4ccc5c(c4)c4ccccc4n5-c4ccccc4)cc3)c3cccc(-c4cccnc4)c3)CC21. The van der Waals surface area contributed by atoms with E-state index in [0.29, 0.717) is 5.92 Å². The van der Waals surface area contributed by atoms with Crippen molar-refractivity contribution in [3.05, 3.63) is 199 Å². The third kappa shape index (κ3) is 5.15. The Morgan fingerprint density at radius 2 is 1.32 bits per heavy atom. The van der Waals surface area contributed by atoms with Gasteiger partial charge in [0.1, 0.15) is 0 Å². The molecule has 0 radical (unpaired) electrons. The summed E-state index contributed by atoms with van der Waals surface area (Å²) in [7, 11) is 0. The first kappa shape index (κ1) is 31.3. The van der Waals surface area contributed by atoms with E-state index >= 15 is 0 Å². The van der Waals surface area contributed by atoms with Crippen LogP contribution in [0.3, 0.4) is 0 Å². The molecule has 2 aromatic heterocycles. The monoisotopic (exact) mass is 681 g/mol. The Bertz CT molecular complexity index is 2710. The largest absolute Gasteiger partial charge is 0.314 e. The van der Waals surface area contributed by atoms with E-state index in [0.717, 1.165) is 28.9 Å². The number of aromatic nitrogens is 2. The van der Waals surface area contributed by atoms with Crippen LogP contribution in [0.2, 0.25) is 0 Å². The summed E-state index contributed by atoms with van der Waals surface area (Å²) in [4.78, 5) is 6.88. The lowest BCUT2D eigenvalue weighted by atomic mass is 9.74. The van der Waals surface area contributed by atoms with E-state index in [4.69, 9.17) is 0 Å². The van der Waals surface area contributed by atoms with Crippen LogP contribution in [0.25, 0.3) is 55.3 Å². The zero-order valence-corrected chi connectivity index (χ0v) is 29.9. The quantitative estimate of drug-likeness (QED) is 0.174. The molecule has 0 saturated heterocycles. The topological polar surface area (TPSA) is 21.1 Å². The van der Waals surface area contributed by atoms with E-state index in [2.05, 4.69) is 192 Å². The highest BCUT2D eigenvalue weighted by Crippen LogP contribution is 2.54. The molecule has 0 saturated carbocycles. The van der Waals surface area contributed by atoms with Crippen LogP contribution in [-0.2, 0) is 5.41 Å². The Morgan fingerprint density at radius 1 is 0.585 bits per heavy atom. The van der Waals surface area contributed by atoms with E-state index in [-0.39, 0.29) is 5.41 Å². The van der Waals surface area contributed by atoms with Crippen LogP contribution in [0.1, 0.15) is 31.4 Å². The predicted molar refractivity (Wildman–Crippen MR) is 222 cm³/mol. The molecule has 254 valence electrons. The molecule has 0 bridgehead atoms. The first-order chi connectivity index (χ1) is 26.0. The molecule has 2 heterocycles. The van der Waals surface area contributed by atoms with Crippen LogP contribution in [-0.4, -0.2) is 9.55 Å². The number of benzene rings is 6. The number of anilines is 2. The first-order valence-corrected chi connectivity index (χ1v) is 18.5. The van der Waals surface area contributed by atoms with Crippen molar-refractivity contribution in [2.45, 2.75) is 25.7 Å². The minimum atomic E-state index is 0.0390. The van der Waals surface area contributed by atoms with Crippen molar-refractivity contribution >= 4 is 38.8 Å². The number of para-hydroxylation sites is 2. The van der Waals surface area contributed by atoms with E-state index < -0.39 is 0 Å². The van der Waals surface area contributed by atoms with Gasteiger partial charge in [-0.25, -0.2) is 0 Å². The number of hydrogen-bond acceptors (Lipinski definition) is 2. The second-order valence-electron chi connectivity index (χ2n) is 14.9. The fraction of sp³-hybridized carbons (Fsp3) is 0.100. The zero-order chi connectivity index (χ0) is 35.5. The van der Waals surface area contributed by atoms with Gasteiger partial charge in [0.15, 0.2) is 0 Å². The fourth-order valence-corrected chi connectivity index (χ4v) is 8.91. The Kier molecular flexibility index (Phi) is 7.29. The molecule has 3 heteroatoms. The van der Waals surface area contributed by atoms with Gasteiger partial charge >= 0.3 is 0 Å². The number of pyridine rings is 1. The second-order valence-corrected chi connectivity index (χ2v) is 14.9. The van der Waals surface area contributed by atoms with Gasteiger partial charge in [-0.2, -0.15) is 0 Å². The van der Waals surface area contributed by atoms with Crippen LogP contribution in [0.5, 0.6) is 0 Å². The summed E-state index contributed by atoms with van der Waals surface area (Å²) >= 11 is 0. The molecule has 1 unspecified atom stereocenters. The Labute approximate surface area is 310 Å². The number of hydrogen-bond donors (Lipinski definition) is 0. The average molecular weight is 682 g/mol. The van der Waals surface area contributed by atoms with Crippen molar-refractivity contribution in [2.75, 3.05) is 4.90 Å². The van der Waals surface area contributed by atoms with Gasteiger partial charge in [-0.05, 0) is 118 Å². The highest BCUT2D eigenvalue weighted by molar-refractivity contribution is 6.10. The molecule has 0 fully saturated rings. The van der Waals surface area contributed by atoms with Gasteiger partial charge in [-0.1, -0.05) is 117 Å². The minimum Gasteiger partial charge on any atom is -0.314 e. The van der Waals surface area contributed by atoms with Crippen LogP contribution in [0.15, 0.2) is 188 Å². The fourth-order valence-electron chi connectivity index (χ4n) is 8.91. The molecule has 0 aliphatic heterocycles. The van der Waals surface area contributed by atoms with Gasteiger partial charge in [0, 0.05) is 51.5 Å². The summed E-state index contributed by atoms with van der Waals surface area (Å²) in [6.07, 6.45) is 9.46. The van der Waals surface area contributed by atoms with Crippen LogP contribution >= 0.6 is 0 Å². The van der Waals surface area contributed by atoms with Gasteiger partial charge in [-0.3, -0.25) is 4.98 Å². The molecule has 3 nitrogen and oxygen atoms in total. The molecule has 1 atom stereocenters. The van der Waals surface area contributed by atoms with E-state index in [9.17, 15) is 0 Å². The standard InChI is InChI=1S/C50H39N3/c1-50(2)46-19-8-6-17-42(46)43-27-26-41(32-47(43)50)52(40-16-10-12-35(30-40)37-13-11-29-51-33-37)39-24-21-34(22-25-39)36-23-28-49-45(31-36)44-18-7-9-20-48(44)53(49)38-14-4-3-5-15-38/h3-31,33,47H,32H2,1-2H3. The molecular weight excluding hydrogens is 643 g/mol. The first-order valence-electron chi connectivity index (χ1n) is 18.5. The zero-order valence-electron chi connectivity index (χ0n) is 29.9. The summed E-state index contributed by atoms with van der Waals surface area (Å²) in [5.41, 5.74) is 16.2. The molecule has 2 aliphatic rings. The predicted octanol–water partition coefficient (Wildman–Crippen LogP) is 12.9. The second kappa shape index (κ2) is 12.4. The number of allylic oxidation sites excluding steroid dienone is 4. The molecule has 0 spiro atoms. The highest BCUT2D eigenvalue weighted by Gasteiger charge is 2.44. The van der Waals surface area contributed by atoms with Gasteiger partial charge in [0.25, 0.3) is 0 Å². The van der Waals surface area contributed by atoms with E-state index in [1.165, 1.54) is 61.0 Å². The van der Waals surface area contributed by atoms with Crippen LogP contribution in [0, 0.1) is 5.92 Å². The molecule has 0 amide bonds. The van der Waals surface area contributed by atoms with Crippen molar-refractivity contribution in [1.29, 1.82) is 0 Å². The summed E-state index contributed by atoms with van der Waals surface area (Å²) in [5, 5.41) is 2.52. The summed E-state index contributed by atoms with van der Waals surface area (Å²) < 4.78 is 2.37. The third-order valence-corrected chi connectivity index (χ3v) is 11.6. The number of rotatable bonds is 6. The van der Waals surface area contributed by atoms with Gasteiger partial charge < -0.3 is 9.47 Å². The Balaban J connectivity index is 1.07. The van der Waals surface area contributed by atoms with Crippen LogP contribution in [0.4, 0.5) is 11.4 Å². The average Bonchev–Trinajstić information content (AvgIpc) is 3.67. The lowest BCUT2D eigenvalue weighted by Gasteiger charge is -2.36. The maximum absolute atomic E-state index is 4.41. The summed E-state index contributed by atoms with van der Waals surface area (Å²) in [6.45, 7) is 4.83. The molecule has 2 aliphatic carbocycles. The number of nitrogens with zero attached hydrogens (tertiary/aromatic N) is 3. The Morgan fingerprint density at radius 3 is 2.17 bits per heavy atom. The molecule has 0 N–H and O–H groups in total. The van der Waals surface area contributed by atoms with Crippen molar-refractivity contribution in [3.63, 3.8) is 0 Å². The van der Waals surface area contributed by atoms with E-state index in [1.807, 2.05) is 18.5 Å². The van der Waals surface area contributed by atoms with Crippen molar-refractivity contribution in [3.8, 4) is 27.9 Å². The van der Waals surface area contributed by atoms with Gasteiger partial charge in [0.05, 0.1) is 11.0 Å². The van der Waals surface area contributed by atoms with Crippen molar-refractivity contribution < 1.29 is 0 Å². The van der Waals surface area contributed by atoms with Crippen LogP contribution < -0.4 is 4.90 Å². The normalized spacial score (nSPS) is 15.8. The van der Waals surface area contributed by atoms with E-state index in [1.54, 1.807) is 0 Å². The van der Waals surface area contributed by atoms with Gasteiger partial charge in [0.2, 0.25) is 0 Å². The molecule has 53 heavy (non-hydrogen) atoms. The lowest BCUT2D eigenvalue weighted by molar-refractivity contribution is 0.406. The van der Waals surface area contributed by atoms with Crippen molar-refractivity contribution in [1.82, 2.24) is 9.55 Å². The van der Waals surface area contributed by atoms with Gasteiger partial charge in [-0.15, -0.1) is 0 Å². The number of fused-ring (bicyclic) bond motifs is 6.